The van der Waals surface area contributed by atoms with Crippen molar-refractivity contribution in [2.75, 3.05) is 0 Å². The summed E-state index contributed by atoms with van der Waals surface area (Å²) < 4.78 is 5.45. The first-order valence-electron chi connectivity index (χ1n) is 4.37. The summed E-state index contributed by atoms with van der Waals surface area (Å²) in [5.41, 5.74) is 0.693. The fraction of sp³-hybridized carbons (Fsp3) is 0.364. The van der Waals surface area contributed by atoms with Gasteiger partial charge in [0, 0.05) is 5.56 Å². The number of carbonyl (C=O) groups excluding carboxylic acids is 1. The van der Waals surface area contributed by atoms with E-state index in [4.69, 9.17) is 4.74 Å². The first kappa shape index (κ1) is 9.78. The molecule has 0 aromatic heterocycles. The molecule has 0 atom stereocenters. The molecular formula is C11H14O2. The van der Waals surface area contributed by atoms with Gasteiger partial charge in [-0.25, -0.2) is 0 Å². The van der Waals surface area contributed by atoms with Crippen LogP contribution in [0, 0.1) is 0 Å². The normalized spacial score (nSPS) is 10.2. The average Bonchev–Trinajstić information content (AvgIpc) is 2.03. The van der Waals surface area contributed by atoms with Gasteiger partial charge in [-0.15, -0.1) is 0 Å². The maximum absolute atomic E-state index is 11.0. The Morgan fingerprint density at radius 1 is 1.38 bits per heavy atom. The lowest BCUT2D eigenvalue weighted by molar-refractivity contribution is 0.101. The van der Waals surface area contributed by atoms with Crippen molar-refractivity contribution in [3.05, 3.63) is 29.8 Å². The first-order chi connectivity index (χ1) is 6.09. The molecule has 1 aromatic rings. The van der Waals surface area contributed by atoms with Crippen molar-refractivity contribution in [1.29, 1.82) is 0 Å². The highest BCUT2D eigenvalue weighted by atomic mass is 16.5. The number of hydrogen-bond acceptors (Lipinski definition) is 2. The average molecular weight is 178 g/mol. The van der Waals surface area contributed by atoms with Crippen molar-refractivity contribution >= 4 is 5.78 Å². The summed E-state index contributed by atoms with van der Waals surface area (Å²) in [6.07, 6.45) is 0.141. The number of ketones is 1. The Kier molecular flexibility index (Phi) is 3.07. The molecule has 2 nitrogen and oxygen atoms in total. The van der Waals surface area contributed by atoms with Gasteiger partial charge in [-0.05, 0) is 32.9 Å². The van der Waals surface area contributed by atoms with E-state index in [0.29, 0.717) is 5.56 Å². The molecule has 0 radical (unpaired) electrons. The Bertz CT molecular complexity index is 303. The lowest BCUT2D eigenvalue weighted by Crippen LogP contribution is -2.06. The van der Waals surface area contributed by atoms with Crippen LogP contribution >= 0.6 is 0 Å². The first-order valence-corrected chi connectivity index (χ1v) is 4.37. The van der Waals surface area contributed by atoms with Crippen LogP contribution in [-0.2, 0) is 0 Å². The van der Waals surface area contributed by atoms with Gasteiger partial charge in [0.25, 0.3) is 0 Å². The molecule has 0 N–H and O–H groups in total. The van der Waals surface area contributed by atoms with E-state index in [1.54, 1.807) is 19.1 Å². The SMILES string of the molecule is CC(=O)c1cccc(OC(C)C)c1. The number of rotatable bonds is 3. The molecule has 0 amide bonds. The fourth-order valence-corrected chi connectivity index (χ4v) is 1.06. The van der Waals surface area contributed by atoms with Gasteiger partial charge in [0.15, 0.2) is 5.78 Å². The van der Waals surface area contributed by atoms with Gasteiger partial charge in [-0.2, -0.15) is 0 Å². The molecule has 0 spiro atoms. The molecule has 0 aliphatic rings. The minimum atomic E-state index is 0.0641. The second-order valence-corrected chi connectivity index (χ2v) is 3.25. The van der Waals surface area contributed by atoms with Crippen molar-refractivity contribution < 1.29 is 9.53 Å². The minimum Gasteiger partial charge on any atom is -0.491 e. The molecule has 0 bridgehead atoms. The van der Waals surface area contributed by atoms with Gasteiger partial charge in [-0.1, -0.05) is 12.1 Å². The number of Topliss-reactive ketones (excluding diaryl/α,β-unsaturated/α-hetero) is 1. The van der Waals surface area contributed by atoms with Crippen LogP contribution in [0.1, 0.15) is 31.1 Å². The highest BCUT2D eigenvalue weighted by molar-refractivity contribution is 5.94. The monoisotopic (exact) mass is 178 g/mol. The smallest absolute Gasteiger partial charge is 0.159 e. The molecule has 2 heteroatoms. The van der Waals surface area contributed by atoms with Gasteiger partial charge < -0.3 is 4.74 Å². The van der Waals surface area contributed by atoms with Crippen LogP contribution in [-0.4, -0.2) is 11.9 Å². The largest absolute Gasteiger partial charge is 0.491 e. The summed E-state index contributed by atoms with van der Waals surface area (Å²) in [6.45, 7) is 5.47. The van der Waals surface area contributed by atoms with Gasteiger partial charge in [-0.3, -0.25) is 4.79 Å². The van der Waals surface area contributed by atoms with Crippen LogP contribution in [0.15, 0.2) is 24.3 Å². The Labute approximate surface area is 78.5 Å². The molecule has 0 saturated carbocycles. The second kappa shape index (κ2) is 4.08. The molecule has 0 unspecified atom stereocenters. The third-order valence-corrected chi connectivity index (χ3v) is 1.61. The zero-order chi connectivity index (χ0) is 9.84. The zero-order valence-corrected chi connectivity index (χ0v) is 8.20. The molecule has 0 heterocycles. The Morgan fingerprint density at radius 2 is 2.08 bits per heavy atom. The topological polar surface area (TPSA) is 26.3 Å². The van der Waals surface area contributed by atoms with E-state index >= 15 is 0 Å². The maximum Gasteiger partial charge on any atom is 0.159 e. The highest BCUT2D eigenvalue weighted by Gasteiger charge is 2.01. The van der Waals surface area contributed by atoms with Crippen LogP contribution in [0.25, 0.3) is 0 Å². The van der Waals surface area contributed by atoms with E-state index in [2.05, 4.69) is 0 Å². The van der Waals surface area contributed by atoms with Crippen molar-refractivity contribution in [1.82, 2.24) is 0 Å². The Morgan fingerprint density at radius 3 is 2.62 bits per heavy atom. The van der Waals surface area contributed by atoms with Gasteiger partial charge in [0.05, 0.1) is 6.10 Å². The van der Waals surface area contributed by atoms with E-state index < -0.39 is 0 Å². The molecule has 0 saturated heterocycles. The molecule has 1 rings (SSSR count). The summed E-state index contributed by atoms with van der Waals surface area (Å²) in [5.74, 6) is 0.817. The van der Waals surface area contributed by atoms with E-state index in [1.165, 1.54) is 0 Å². The lowest BCUT2D eigenvalue weighted by atomic mass is 10.1. The second-order valence-electron chi connectivity index (χ2n) is 3.25. The van der Waals surface area contributed by atoms with E-state index in [0.717, 1.165) is 5.75 Å². The number of benzene rings is 1. The van der Waals surface area contributed by atoms with Crippen molar-refractivity contribution in [2.45, 2.75) is 26.9 Å². The highest BCUT2D eigenvalue weighted by Crippen LogP contribution is 2.14. The molecule has 0 aliphatic carbocycles. The van der Waals surface area contributed by atoms with Crippen LogP contribution in [0.4, 0.5) is 0 Å². The number of hydrogen-bond donors (Lipinski definition) is 0. The molecule has 13 heavy (non-hydrogen) atoms. The van der Waals surface area contributed by atoms with E-state index in [-0.39, 0.29) is 11.9 Å². The molecule has 70 valence electrons. The summed E-state index contributed by atoms with van der Waals surface area (Å²) in [7, 11) is 0. The standard InChI is InChI=1S/C11H14O2/c1-8(2)13-11-6-4-5-10(7-11)9(3)12/h4-8H,1-3H3. The van der Waals surface area contributed by atoms with Gasteiger partial charge in [0.1, 0.15) is 5.75 Å². The Hall–Kier alpha value is -1.31. The van der Waals surface area contributed by atoms with Crippen LogP contribution in [0.5, 0.6) is 5.75 Å². The summed E-state index contributed by atoms with van der Waals surface area (Å²) in [5, 5.41) is 0. The van der Waals surface area contributed by atoms with E-state index in [9.17, 15) is 4.79 Å². The summed E-state index contributed by atoms with van der Waals surface area (Å²) in [6, 6.07) is 7.23. The Balaban J connectivity index is 2.85. The third kappa shape index (κ3) is 2.90. The molecule has 0 aliphatic heterocycles. The molecular weight excluding hydrogens is 164 g/mol. The summed E-state index contributed by atoms with van der Waals surface area (Å²) in [4.78, 5) is 11.0. The van der Waals surface area contributed by atoms with E-state index in [1.807, 2.05) is 26.0 Å². The lowest BCUT2D eigenvalue weighted by Gasteiger charge is -2.09. The number of ether oxygens (including phenoxy) is 1. The third-order valence-electron chi connectivity index (χ3n) is 1.61. The maximum atomic E-state index is 11.0. The quantitative estimate of drug-likeness (QED) is 0.665. The van der Waals surface area contributed by atoms with Crippen LogP contribution < -0.4 is 4.74 Å². The summed E-state index contributed by atoms with van der Waals surface area (Å²) >= 11 is 0. The van der Waals surface area contributed by atoms with Crippen molar-refractivity contribution in [3.63, 3.8) is 0 Å². The fourth-order valence-electron chi connectivity index (χ4n) is 1.06. The van der Waals surface area contributed by atoms with Crippen molar-refractivity contribution in [3.8, 4) is 5.75 Å². The molecule has 1 aromatic carbocycles. The predicted molar refractivity (Wildman–Crippen MR) is 52.2 cm³/mol. The number of carbonyl (C=O) groups is 1. The van der Waals surface area contributed by atoms with Crippen molar-refractivity contribution in [2.24, 2.45) is 0 Å². The van der Waals surface area contributed by atoms with Crippen LogP contribution in [0.2, 0.25) is 0 Å². The van der Waals surface area contributed by atoms with Crippen LogP contribution in [0.3, 0.4) is 0 Å². The van der Waals surface area contributed by atoms with Gasteiger partial charge in [0.2, 0.25) is 0 Å². The minimum absolute atomic E-state index is 0.0641. The zero-order valence-electron chi connectivity index (χ0n) is 8.20. The molecule has 0 fully saturated rings. The predicted octanol–water partition coefficient (Wildman–Crippen LogP) is 2.68. The van der Waals surface area contributed by atoms with Gasteiger partial charge >= 0.3 is 0 Å².